The summed E-state index contributed by atoms with van der Waals surface area (Å²) in [7, 11) is 1.62. The molecule has 2 aromatic heterocycles. The summed E-state index contributed by atoms with van der Waals surface area (Å²) in [5.74, 6) is 0.258. The molecule has 0 saturated carbocycles. The van der Waals surface area contributed by atoms with E-state index in [9.17, 15) is 4.79 Å². The van der Waals surface area contributed by atoms with Crippen LogP contribution >= 0.6 is 0 Å². The van der Waals surface area contributed by atoms with E-state index in [1.807, 2.05) is 18.2 Å². The van der Waals surface area contributed by atoms with Gasteiger partial charge in [-0.15, -0.1) is 10.2 Å². The highest BCUT2D eigenvalue weighted by Gasteiger charge is 2.07. The second-order valence-electron chi connectivity index (χ2n) is 3.67. The molecule has 0 unspecified atom stereocenters. The molecule has 0 aromatic carbocycles. The molecule has 2 N–H and O–H groups in total. The summed E-state index contributed by atoms with van der Waals surface area (Å²) >= 11 is 0. The SMILES string of the molecule is COCCNCC(=O)Nc1nnc2ccccn12. The topological polar surface area (TPSA) is 80.5 Å². The molecular weight excluding hydrogens is 234 g/mol. The van der Waals surface area contributed by atoms with E-state index in [-0.39, 0.29) is 12.5 Å². The summed E-state index contributed by atoms with van der Waals surface area (Å²) in [6.07, 6.45) is 1.79. The van der Waals surface area contributed by atoms with Gasteiger partial charge in [-0.1, -0.05) is 6.07 Å². The van der Waals surface area contributed by atoms with E-state index in [1.54, 1.807) is 17.7 Å². The first-order chi connectivity index (χ1) is 8.81. The van der Waals surface area contributed by atoms with E-state index in [4.69, 9.17) is 4.74 Å². The van der Waals surface area contributed by atoms with Crippen LogP contribution in [0.25, 0.3) is 5.65 Å². The third-order valence-electron chi connectivity index (χ3n) is 2.33. The molecule has 7 heteroatoms. The second-order valence-corrected chi connectivity index (χ2v) is 3.67. The van der Waals surface area contributed by atoms with Crippen LogP contribution in [0.2, 0.25) is 0 Å². The maximum atomic E-state index is 11.6. The maximum Gasteiger partial charge on any atom is 0.240 e. The standard InChI is InChI=1S/C11H15N5O2/c1-18-7-5-12-8-10(17)13-11-15-14-9-4-2-3-6-16(9)11/h2-4,6,12H,5,7-8H2,1H3,(H,13,15,17). The predicted octanol–water partition coefficient (Wildman–Crippen LogP) is -0.0962. The fourth-order valence-corrected chi connectivity index (χ4v) is 1.47. The Balaban J connectivity index is 1.91. The Hall–Kier alpha value is -1.99. The van der Waals surface area contributed by atoms with Crippen molar-refractivity contribution in [2.75, 3.05) is 32.1 Å². The molecule has 0 aliphatic carbocycles. The summed E-state index contributed by atoms with van der Waals surface area (Å²) in [4.78, 5) is 11.6. The minimum atomic E-state index is -0.163. The van der Waals surface area contributed by atoms with Gasteiger partial charge >= 0.3 is 0 Å². The maximum absolute atomic E-state index is 11.6. The largest absolute Gasteiger partial charge is 0.383 e. The number of carbonyl (C=O) groups excluding carboxylic acids is 1. The van der Waals surface area contributed by atoms with Gasteiger partial charge in [-0.05, 0) is 12.1 Å². The van der Waals surface area contributed by atoms with Crippen LogP contribution in [0.3, 0.4) is 0 Å². The zero-order valence-corrected chi connectivity index (χ0v) is 10.1. The Morgan fingerprint density at radius 1 is 1.44 bits per heavy atom. The first-order valence-corrected chi connectivity index (χ1v) is 5.60. The van der Waals surface area contributed by atoms with Gasteiger partial charge in [0.15, 0.2) is 5.65 Å². The summed E-state index contributed by atoms with van der Waals surface area (Å²) in [5.41, 5.74) is 0.695. The van der Waals surface area contributed by atoms with Crippen LogP contribution < -0.4 is 10.6 Å². The monoisotopic (exact) mass is 249 g/mol. The first kappa shape index (κ1) is 12.5. The van der Waals surface area contributed by atoms with E-state index in [0.717, 1.165) is 0 Å². The number of anilines is 1. The van der Waals surface area contributed by atoms with Crippen molar-refractivity contribution in [3.63, 3.8) is 0 Å². The number of hydrogen-bond acceptors (Lipinski definition) is 5. The lowest BCUT2D eigenvalue weighted by atomic mass is 10.5. The van der Waals surface area contributed by atoms with Crippen molar-refractivity contribution in [1.82, 2.24) is 19.9 Å². The highest BCUT2D eigenvalue weighted by atomic mass is 16.5. The van der Waals surface area contributed by atoms with Crippen molar-refractivity contribution in [2.45, 2.75) is 0 Å². The molecule has 96 valence electrons. The molecule has 2 rings (SSSR count). The van der Waals surface area contributed by atoms with E-state index in [2.05, 4.69) is 20.8 Å². The molecule has 0 saturated heterocycles. The number of carbonyl (C=O) groups is 1. The van der Waals surface area contributed by atoms with E-state index < -0.39 is 0 Å². The molecule has 0 spiro atoms. The number of hydrogen-bond donors (Lipinski definition) is 2. The molecule has 0 radical (unpaired) electrons. The van der Waals surface area contributed by atoms with Crippen LogP contribution in [-0.2, 0) is 9.53 Å². The lowest BCUT2D eigenvalue weighted by Gasteiger charge is -2.04. The smallest absolute Gasteiger partial charge is 0.240 e. The lowest BCUT2D eigenvalue weighted by molar-refractivity contribution is -0.115. The van der Waals surface area contributed by atoms with E-state index in [1.165, 1.54) is 0 Å². The average molecular weight is 249 g/mol. The molecule has 0 atom stereocenters. The van der Waals surface area contributed by atoms with Crippen molar-refractivity contribution in [3.05, 3.63) is 24.4 Å². The predicted molar refractivity (Wildman–Crippen MR) is 66.4 cm³/mol. The number of fused-ring (bicyclic) bond motifs is 1. The lowest BCUT2D eigenvalue weighted by Crippen LogP contribution is -2.30. The third-order valence-corrected chi connectivity index (χ3v) is 2.33. The Morgan fingerprint density at radius 2 is 2.33 bits per heavy atom. The van der Waals surface area contributed by atoms with Gasteiger partial charge in [-0.25, -0.2) is 0 Å². The van der Waals surface area contributed by atoms with Gasteiger partial charge in [0.25, 0.3) is 0 Å². The fourth-order valence-electron chi connectivity index (χ4n) is 1.47. The Bertz CT molecular complexity index is 525. The zero-order valence-electron chi connectivity index (χ0n) is 10.1. The highest BCUT2D eigenvalue weighted by Crippen LogP contribution is 2.06. The Morgan fingerprint density at radius 3 is 3.17 bits per heavy atom. The molecule has 7 nitrogen and oxygen atoms in total. The quantitative estimate of drug-likeness (QED) is 0.699. The van der Waals surface area contributed by atoms with Crippen molar-refractivity contribution in [3.8, 4) is 0 Å². The first-order valence-electron chi connectivity index (χ1n) is 5.60. The van der Waals surface area contributed by atoms with Gasteiger partial charge in [0.1, 0.15) is 0 Å². The molecule has 2 aromatic rings. The Kier molecular flexibility index (Phi) is 4.21. The highest BCUT2D eigenvalue weighted by molar-refractivity contribution is 5.90. The molecule has 2 heterocycles. The minimum Gasteiger partial charge on any atom is -0.383 e. The van der Waals surface area contributed by atoms with Crippen molar-refractivity contribution < 1.29 is 9.53 Å². The molecule has 0 fully saturated rings. The average Bonchev–Trinajstić information content (AvgIpc) is 2.78. The molecule has 0 bridgehead atoms. The van der Waals surface area contributed by atoms with Gasteiger partial charge < -0.3 is 10.1 Å². The number of methoxy groups -OCH3 is 1. The Labute approximate surface area is 104 Å². The molecular formula is C11H15N5O2. The number of aromatic nitrogens is 3. The number of ether oxygens (including phenoxy) is 1. The van der Waals surface area contributed by atoms with Gasteiger partial charge in [-0.3, -0.25) is 14.5 Å². The molecule has 0 aliphatic heterocycles. The van der Waals surface area contributed by atoms with Crippen molar-refractivity contribution in [2.24, 2.45) is 0 Å². The van der Waals surface area contributed by atoms with Crippen LogP contribution in [0.15, 0.2) is 24.4 Å². The number of nitrogens with zero attached hydrogens (tertiary/aromatic N) is 3. The summed E-state index contributed by atoms with van der Waals surface area (Å²) in [6, 6.07) is 5.53. The van der Waals surface area contributed by atoms with Gasteiger partial charge in [0, 0.05) is 19.9 Å². The second kappa shape index (κ2) is 6.08. The minimum absolute atomic E-state index is 0.163. The van der Waals surface area contributed by atoms with Crippen LogP contribution in [-0.4, -0.2) is 47.3 Å². The van der Waals surface area contributed by atoms with Crippen LogP contribution in [0.5, 0.6) is 0 Å². The van der Waals surface area contributed by atoms with Crippen LogP contribution in [0.4, 0.5) is 5.95 Å². The van der Waals surface area contributed by atoms with Crippen molar-refractivity contribution >= 4 is 17.5 Å². The number of amides is 1. The summed E-state index contributed by atoms with van der Waals surface area (Å²) in [6.45, 7) is 1.41. The van der Waals surface area contributed by atoms with Crippen LogP contribution in [0, 0.1) is 0 Å². The zero-order chi connectivity index (χ0) is 12.8. The third kappa shape index (κ3) is 3.02. The molecule has 0 aliphatic rings. The summed E-state index contributed by atoms with van der Waals surface area (Å²) < 4.78 is 6.58. The molecule has 18 heavy (non-hydrogen) atoms. The van der Waals surface area contributed by atoms with Gasteiger partial charge in [0.05, 0.1) is 13.2 Å². The summed E-state index contributed by atoms with van der Waals surface area (Å²) in [5, 5.41) is 13.5. The number of nitrogens with one attached hydrogen (secondary N) is 2. The van der Waals surface area contributed by atoms with E-state index in [0.29, 0.717) is 24.7 Å². The fraction of sp³-hybridized carbons (Fsp3) is 0.364. The number of rotatable bonds is 6. The number of pyridine rings is 1. The van der Waals surface area contributed by atoms with E-state index >= 15 is 0 Å². The molecule has 1 amide bonds. The van der Waals surface area contributed by atoms with Crippen LogP contribution in [0.1, 0.15) is 0 Å². The normalized spacial score (nSPS) is 10.7. The van der Waals surface area contributed by atoms with Crippen molar-refractivity contribution in [1.29, 1.82) is 0 Å². The van der Waals surface area contributed by atoms with Gasteiger partial charge in [0.2, 0.25) is 11.9 Å². The van der Waals surface area contributed by atoms with Gasteiger partial charge in [-0.2, -0.15) is 0 Å².